The van der Waals surface area contributed by atoms with Crippen molar-refractivity contribution in [2.75, 3.05) is 11.4 Å². The number of fused-ring (bicyclic) bond motifs is 1. The van der Waals surface area contributed by atoms with Gasteiger partial charge in [0.2, 0.25) is 0 Å². The molecule has 3 aromatic rings. The first-order valence-electron chi connectivity index (χ1n) is 7.86. The molecule has 0 spiro atoms. The van der Waals surface area contributed by atoms with E-state index >= 15 is 0 Å². The molecule has 1 fully saturated rings. The maximum atomic E-state index is 13.4. The van der Waals surface area contributed by atoms with Gasteiger partial charge in [0, 0.05) is 19.6 Å². The van der Waals surface area contributed by atoms with Crippen LogP contribution in [0, 0.1) is 5.82 Å². The molecule has 1 aliphatic rings. The van der Waals surface area contributed by atoms with E-state index in [2.05, 4.69) is 20.0 Å². The molecule has 6 heteroatoms. The lowest BCUT2D eigenvalue weighted by Crippen LogP contribution is -2.32. The lowest BCUT2D eigenvalue weighted by molar-refractivity contribution is 0.617. The number of rotatable bonds is 3. The molecule has 0 bridgehead atoms. The van der Waals surface area contributed by atoms with Crippen LogP contribution >= 0.6 is 0 Å². The summed E-state index contributed by atoms with van der Waals surface area (Å²) in [4.78, 5) is 11.1. The number of nitrogens with zero attached hydrogens (tertiary/aromatic N) is 5. The van der Waals surface area contributed by atoms with Crippen molar-refractivity contribution in [2.24, 2.45) is 7.05 Å². The maximum absolute atomic E-state index is 13.4. The highest BCUT2D eigenvalue weighted by atomic mass is 19.1. The summed E-state index contributed by atoms with van der Waals surface area (Å²) < 4.78 is 15.2. The quantitative estimate of drug-likeness (QED) is 0.746. The first-order chi connectivity index (χ1) is 11.2. The molecule has 1 aliphatic heterocycles. The fourth-order valence-electron chi connectivity index (χ4n) is 3.44. The monoisotopic (exact) mass is 311 g/mol. The molecule has 2 aromatic heterocycles. The van der Waals surface area contributed by atoms with Crippen LogP contribution < -0.4 is 4.90 Å². The van der Waals surface area contributed by atoms with E-state index in [1.54, 1.807) is 23.1 Å². The molecule has 0 N–H and O–H groups in total. The van der Waals surface area contributed by atoms with Crippen molar-refractivity contribution in [3.8, 4) is 0 Å². The second-order valence-electron chi connectivity index (χ2n) is 6.03. The Hall–Kier alpha value is -2.50. The normalized spacial score (nSPS) is 18.0. The zero-order valence-corrected chi connectivity index (χ0v) is 13.0. The molecule has 4 rings (SSSR count). The van der Waals surface area contributed by atoms with E-state index in [-0.39, 0.29) is 5.82 Å². The van der Waals surface area contributed by atoms with Crippen LogP contribution in [-0.2, 0) is 13.5 Å². The van der Waals surface area contributed by atoms with E-state index < -0.39 is 0 Å². The van der Waals surface area contributed by atoms with E-state index in [0.29, 0.717) is 6.04 Å². The number of benzene rings is 1. The molecule has 0 unspecified atom stereocenters. The lowest BCUT2D eigenvalue weighted by Gasteiger charge is -2.26. The Balaban J connectivity index is 1.67. The van der Waals surface area contributed by atoms with Crippen LogP contribution in [0.5, 0.6) is 0 Å². The Bertz CT molecular complexity index is 844. The molecule has 1 aromatic carbocycles. The van der Waals surface area contributed by atoms with Crippen LogP contribution in [-0.4, -0.2) is 32.3 Å². The number of hydrogen-bond donors (Lipinski definition) is 0. The first kappa shape index (κ1) is 14.1. The molecule has 0 amide bonds. The van der Waals surface area contributed by atoms with Crippen LogP contribution in [0.1, 0.15) is 18.4 Å². The topological polar surface area (TPSA) is 46.8 Å². The zero-order valence-electron chi connectivity index (χ0n) is 13.0. The van der Waals surface area contributed by atoms with Crippen molar-refractivity contribution >= 4 is 16.9 Å². The highest BCUT2D eigenvalue weighted by Gasteiger charge is 2.28. The SMILES string of the molecule is Cn1ncc2c(N3CCC[C@@H]3Cc3cccc(F)c3)ncnc21. The van der Waals surface area contributed by atoms with Crippen molar-refractivity contribution in [1.29, 1.82) is 0 Å². The third-order valence-electron chi connectivity index (χ3n) is 4.52. The van der Waals surface area contributed by atoms with Crippen LogP contribution in [0.4, 0.5) is 10.2 Å². The zero-order chi connectivity index (χ0) is 15.8. The van der Waals surface area contributed by atoms with Crippen molar-refractivity contribution in [2.45, 2.75) is 25.3 Å². The minimum absolute atomic E-state index is 0.177. The number of anilines is 1. The Morgan fingerprint density at radius 3 is 3.09 bits per heavy atom. The van der Waals surface area contributed by atoms with Crippen molar-refractivity contribution in [3.05, 3.63) is 48.2 Å². The van der Waals surface area contributed by atoms with Gasteiger partial charge in [0.1, 0.15) is 18.0 Å². The van der Waals surface area contributed by atoms with E-state index in [4.69, 9.17) is 0 Å². The molecular formula is C17H18FN5. The van der Waals surface area contributed by atoms with Gasteiger partial charge in [-0.2, -0.15) is 5.10 Å². The summed E-state index contributed by atoms with van der Waals surface area (Å²) in [6.45, 7) is 0.959. The standard InChI is InChI=1S/C17H18FN5/c1-22-16-15(10-21-22)17(20-11-19-16)23-7-3-6-14(23)9-12-4-2-5-13(18)8-12/h2,4-5,8,10-11,14H,3,6-7,9H2,1H3/t14-/m1/s1. The Morgan fingerprint density at radius 1 is 1.30 bits per heavy atom. The summed E-state index contributed by atoms with van der Waals surface area (Å²) in [6.07, 6.45) is 6.44. The number of aryl methyl sites for hydroxylation is 1. The molecule has 5 nitrogen and oxygen atoms in total. The Kier molecular flexibility index (Phi) is 3.44. The second-order valence-corrected chi connectivity index (χ2v) is 6.03. The molecule has 1 atom stereocenters. The van der Waals surface area contributed by atoms with Crippen LogP contribution in [0.2, 0.25) is 0 Å². The minimum Gasteiger partial charge on any atom is -0.353 e. The van der Waals surface area contributed by atoms with E-state index in [9.17, 15) is 4.39 Å². The minimum atomic E-state index is -0.177. The largest absolute Gasteiger partial charge is 0.353 e. The fourth-order valence-corrected chi connectivity index (χ4v) is 3.44. The van der Waals surface area contributed by atoms with Crippen molar-refractivity contribution in [3.63, 3.8) is 0 Å². The van der Waals surface area contributed by atoms with Gasteiger partial charge in [-0.05, 0) is 37.0 Å². The van der Waals surface area contributed by atoms with Gasteiger partial charge in [0.05, 0.1) is 11.6 Å². The third kappa shape index (κ3) is 2.54. The van der Waals surface area contributed by atoms with Crippen molar-refractivity contribution in [1.82, 2.24) is 19.7 Å². The van der Waals surface area contributed by atoms with Gasteiger partial charge < -0.3 is 4.90 Å². The highest BCUT2D eigenvalue weighted by molar-refractivity contribution is 5.86. The van der Waals surface area contributed by atoms with Gasteiger partial charge in [-0.25, -0.2) is 14.4 Å². The van der Waals surface area contributed by atoms with E-state index in [1.165, 1.54) is 6.07 Å². The van der Waals surface area contributed by atoms with Gasteiger partial charge in [0.25, 0.3) is 0 Å². The summed E-state index contributed by atoms with van der Waals surface area (Å²) in [5.74, 6) is 0.755. The summed E-state index contributed by atoms with van der Waals surface area (Å²) in [6, 6.07) is 7.19. The molecule has 1 saturated heterocycles. The van der Waals surface area contributed by atoms with Gasteiger partial charge in [-0.1, -0.05) is 12.1 Å². The average molecular weight is 311 g/mol. The van der Waals surface area contributed by atoms with Crippen LogP contribution in [0.15, 0.2) is 36.8 Å². The smallest absolute Gasteiger partial charge is 0.163 e. The number of halogens is 1. The van der Waals surface area contributed by atoms with E-state index in [0.717, 1.165) is 48.2 Å². The van der Waals surface area contributed by atoms with E-state index in [1.807, 2.05) is 19.3 Å². The van der Waals surface area contributed by atoms with Crippen molar-refractivity contribution < 1.29 is 4.39 Å². The summed E-state index contributed by atoms with van der Waals surface area (Å²) in [5.41, 5.74) is 1.87. The van der Waals surface area contributed by atoms with Gasteiger partial charge in [-0.3, -0.25) is 4.68 Å². The first-order valence-corrected chi connectivity index (χ1v) is 7.86. The third-order valence-corrected chi connectivity index (χ3v) is 4.52. The predicted molar refractivity (Wildman–Crippen MR) is 86.8 cm³/mol. The number of hydrogen-bond acceptors (Lipinski definition) is 4. The number of aromatic nitrogens is 4. The highest BCUT2D eigenvalue weighted by Crippen LogP contribution is 2.30. The molecule has 0 aliphatic carbocycles. The molecule has 118 valence electrons. The summed E-state index contributed by atoms with van der Waals surface area (Å²) in [7, 11) is 1.88. The molecular weight excluding hydrogens is 293 g/mol. The average Bonchev–Trinajstić information content (AvgIpc) is 3.15. The fraction of sp³-hybridized carbons (Fsp3) is 0.353. The second kappa shape index (κ2) is 5.61. The van der Waals surface area contributed by atoms with Crippen LogP contribution in [0.25, 0.3) is 11.0 Å². The molecule has 0 saturated carbocycles. The molecule has 3 heterocycles. The summed E-state index contributed by atoms with van der Waals surface area (Å²) in [5, 5.41) is 5.26. The Morgan fingerprint density at radius 2 is 2.22 bits per heavy atom. The molecule has 0 radical (unpaired) electrons. The van der Waals surface area contributed by atoms with Gasteiger partial charge in [0.15, 0.2) is 5.65 Å². The Labute approximate surface area is 133 Å². The predicted octanol–water partition coefficient (Wildman–Crippen LogP) is 2.71. The van der Waals surface area contributed by atoms with Gasteiger partial charge in [-0.15, -0.1) is 0 Å². The molecule has 23 heavy (non-hydrogen) atoms. The maximum Gasteiger partial charge on any atom is 0.163 e. The lowest BCUT2D eigenvalue weighted by atomic mass is 10.0. The van der Waals surface area contributed by atoms with Gasteiger partial charge >= 0.3 is 0 Å². The van der Waals surface area contributed by atoms with Crippen LogP contribution in [0.3, 0.4) is 0 Å². The summed E-state index contributed by atoms with van der Waals surface area (Å²) >= 11 is 0.